The van der Waals surface area contributed by atoms with Crippen LogP contribution in [0, 0.1) is 0 Å². The van der Waals surface area contributed by atoms with Gasteiger partial charge in [0, 0.05) is 19.5 Å². The van der Waals surface area contributed by atoms with E-state index < -0.39 is 0 Å². The largest absolute Gasteiger partial charge is 0.382 e. The predicted molar refractivity (Wildman–Crippen MR) is 68.4 cm³/mol. The van der Waals surface area contributed by atoms with Crippen LogP contribution in [0.3, 0.4) is 0 Å². The Kier molecular flexibility index (Phi) is 4.08. The van der Waals surface area contributed by atoms with Gasteiger partial charge in [0.2, 0.25) is 6.39 Å². The molecule has 2 rings (SSSR count). The summed E-state index contributed by atoms with van der Waals surface area (Å²) in [4.78, 5) is 15.7. The maximum Gasteiger partial charge on any atom is 0.283 e. The SMILES string of the molecule is CCn1ncc(NCCc2ncon2)c(Br)c1=O. The van der Waals surface area contributed by atoms with Gasteiger partial charge in [0.05, 0.1) is 11.9 Å². The van der Waals surface area contributed by atoms with E-state index in [-0.39, 0.29) is 5.56 Å². The van der Waals surface area contributed by atoms with Gasteiger partial charge in [0.15, 0.2) is 5.82 Å². The smallest absolute Gasteiger partial charge is 0.283 e. The molecule has 2 aromatic heterocycles. The van der Waals surface area contributed by atoms with Crippen molar-refractivity contribution in [3.05, 3.63) is 33.2 Å². The summed E-state index contributed by atoms with van der Waals surface area (Å²) in [6.07, 6.45) is 3.51. The zero-order chi connectivity index (χ0) is 13.0. The third kappa shape index (κ3) is 2.76. The van der Waals surface area contributed by atoms with E-state index in [4.69, 9.17) is 0 Å². The molecule has 7 nitrogen and oxygen atoms in total. The summed E-state index contributed by atoms with van der Waals surface area (Å²) in [5.41, 5.74) is 0.509. The van der Waals surface area contributed by atoms with Gasteiger partial charge in [0.25, 0.3) is 5.56 Å². The number of hydrogen-bond donors (Lipinski definition) is 1. The van der Waals surface area contributed by atoms with Gasteiger partial charge in [0.1, 0.15) is 4.47 Å². The molecule has 8 heteroatoms. The van der Waals surface area contributed by atoms with Crippen LogP contribution in [0.4, 0.5) is 5.69 Å². The van der Waals surface area contributed by atoms with Crippen molar-refractivity contribution in [1.82, 2.24) is 19.9 Å². The number of hydrogen-bond acceptors (Lipinski definition) is 6. The van der Waals surface area contributed by atoms with E-state index in [1.165, 1.54) is 11.1 Å². The Morgan fingerprint density at radius 3 is 3.06 bits per heavy atom. The fourth-order valence-corrected chi connectivity index (χ4v) is 1.87. The van der Waals surface area contributed by atoms with Crippen LogP contribution in [0.15, 0.2) is 26.4 Å². The molecule has 0 saturated heterocycles. The summed E-state index contributed by atoms with van der Waals surface area (Å²) in [5, 5.41) is 10.8. The Morgan fingerprint density at radius 1 is 1.56 bits per heavy atom. The second-order valence-electron chi connectivity index (χ2n) is 3.52. The lowest BCUT2D eigenvalue weighted by Crippen LogP contribution is -2.24. The van der Waals surface area contributed by atoms with Crippen LogP contribution in [0.5, 0.6) is 0 Å². The normalized spacial score (nSPS) is 10.6. The molecule has 0 amide bonds. The fourth-order valence-electron chi connectivity index (χ4n) is 1.43. The molecule has 0 bridgehead atoms. The minimum atomic E-state index is -0.151. The first-order chi connectivity index (χ1) is 8.72. The third-order valence-corrected chi connectivity index (χ3v) is 3.12. The molecule has 18 heavy (non-hydrogen) atoms. The quantitative estimate of drug-likeness (QED) is 0.888. The highest BCUT2D eigenvalue weighted by molar-refractivity contribution is 9.10. The molecule has 0 unspecified atom stereocenters. The minimum absolute atomic E-state index is 0.151. The van der Waals surface area contributed by atoms with E-state index in [0.717, 1.165) is 0 Å². The summed E-state index contributed by atoms with van der Waals surface area (Å²) < 4.78 is 6.49. The molecule has 0 aliphatic carbocycles. The fraction of sp³-hybridized carbons (Fsp3) is 0.400. The second kappa shape index (κ2) is 5.76. The number of aryl methyl sites for hydroxylation is 1. The standard InChI is InChI=1S/C10H12BrN5O2/c1-2-16-10(17)9(11)7(5-14-16)12-4-3-8-13-6-18-15-8/h5-6,12H,2-4H2,1H3. The first-order valence-electron chi connectivity index (χ1n) is 5.47. The van der Waals surface area contributed by atoms with Crippen LogP contribution in [-0.4, -0.2) is 26.5 Å². The third-order valence-electron chi connectivity index (χ3n) is 2.36. The van der Waals surface area contributed by atoms with Gasteiger partial charge in [-0.15, -0.1) is 0 Å². The Balaban J connectivity index is 2.02. The Bertz CT molecular complexity index is 566. The molecule has 0 aliphatic heterocycles. The van der Waals surface area contributed by atoms with Crippen molar-refractivity contribution in [3.8, 4) is 0 Å². The summed E-state index contributed by atoms with van der Waals surface area (Å²) in [6, 6.07) is 0. The Labute approximate surface area is 111 Å². The number of nitrogens with zero attached hydrogens (tertiary/aromatic N) is 4. The molecule has 2 heterocycles. The average Bonchev–Trinajstić information content (AvgIpc) is 2.88. The Hall–Kier alpha value is -1.70. The van der Waals surface area contributed by atoms with Crippen LogP contribution in [0.25, 0.3) is 0 Å². The number of halogens is 1. The van der Waals surface area contributed by atoms with Gasteiger partial charge >= 0.3 is 0 Å². The number of aromatic nitrogens is 4. The zero-order valence-corrected chi connectivity index (χ0v) is 11.3. The van der Waals surface area contributed by atoms with Crippen molar-refractivity contribution >= 4 is 21.6 Å². The maximum absolute atomic E-state index is 11.8. The molecule has 0 aliphatic rings. The van der Waals surface area contributed by atoms with Gasteiger partial charge in [-0.3, -0.25) is 4.79 Å². The summed E-state index contributed by atoms with van der Waals surface area (Å²) in [5.74, 6) is 0.619. The molecule has 2 aromatic rings. The molecule has 0 aromatic carbocycles. The van der Waals surface area contributed by atoms with E-state index in [9.17, 15) is 4.79 Å². The van der Waals surface area contributed by atoms with Crippen molar-refractivity contribution < 1.29 is 4.52 Å². The first kappa shape index (κ1) is 12.7. The van der Waals surface area contributed by atoms with Crippen LogP contribution in [-0.2, 0) is 13.0 Å². The highest BCUT2D eigenvalue weighted by Crippen LogP contribution is 2.15. The van der Waals surface area contributed by atoms with Crippen LogP contribution in [0.1, 0.15) is 12.7 Å². The van der Waals surface area contributed by atoms with E-state index in [2.05, 4.69) is 41.0 Å². The highest BCUT2D eigenvalue weighted by atomic mass is 79.9. The number of anilines is 1. The average molecular weight is 314 g/mol. The molecular weight excluding hydrogens is 302 g/mol. The molecule has 1 N–H and O–H groups in total. The summed E-state index contributed by atoms with van der Waals surface area (Å²) in [6.45, 7) is 3.00. The number of nitrogens with one attached hydrogen (secondary N) is 1. The van der Waals surface area contributed by atoms with Gasteiger partial charge in [-0.05, 0) is 22.9 Å². The summed E-state index contributed by atoms with van der Waals surface area (Å²) in [7, 11) is 0. The first-order valence-corrected chi connectivity index (χ1v) is 6.26. The van der Waals surface area contributed by atoms with Crippen molar-refractivity contribution in [3.63, 3.8) is 0 Å². The van der Waals surface area contributed by atoms with Gasteiger partial charge in [-0.25, -0.2) is 4.68 Å². The van der Waals surface area contributed by atoms with E-state index in [1.807, 2.05) is 6.92 Å². The maximum atomic E-state index is 11.8. The molecule has 0 fully saturated rings. The van der Waals surface area contributed by atoms with Crippen LogP contribution in [0.2, 0.25) is 0 Å². The van der Waals surface area contributed by atoms with E-state index in [0.29, 0.717) is 35.5 Å². The topological polar surface area (TPSA) is 85.8 Å². The molecule has 0 spiro atoms. The molecular formula is C10H12BrN5O2. The van der Waals surface area contributed by atoms with Crippen molar-refractivity contribution in [1.29, 1.82) is 0 Å². The lowest BCUT2D eigenvalue weighted by atomic mass is 10.4. The van der Waals surface area contributed by atoms with Gasteiger partial charge in [-0.1, -0.05) is 5.16 Å². The monoisotopic (exact) mass is 313 g/mol. The molecule has 0 radical (unpaired) electrons. The van der Waals surface area contributed by atoms with Gasteiger partial charge < -0.3 is 9.84 Å². The zero-order valence-electron chi connectivity index (χ0n) is 9.76. The van der Waals surface area contributed by atoms with Crippen molar-refractivity contribution in [2.45, 2.75) is 19.9 Å². The summed E-state index contributed by atoms with van der Waals surface area (Å²) >= 11 is 3.27. The van der Waals surface area contributed by atoms with Crippen LogP contribution >= 0.6 is 15.9 Å². The molecule has 0 atom stereocenters. The van der Waals surface area contributed by atoms with Crippen LogP contribution < -0.4 is 10.9 Å². The lowest BCUT2D eigenvalue weighted by Gasteiger charge is -2.08. The highest BCUT2D eigenvalue weighted by Gasteiger charge is 2.07. The Morgan fingerprint density at radius 2 is 2.39 bits per heavy atom. The van der Waals surface area contributed by atoms with E-state index in [1.54, 1.807) is 6.20 Å². The second-order valence-corrected chi connectivity index (χ2v) is 4.31. The minimum Gasteiger partial charge on any atom is -0.382 e. The number of rotatable bonds is 5. The van der Waals surface area contributed by atoms with Gasteiger partial charge in [-0.2, -0.15) is 10.1 Å². The molecule has 96 valence electrons. The van der Waals surface area contributed by atoms with Crippen molar-refractivity contribution in [2.24, 2.45) is 0 Å². The predicted octanol–water partition coefficient (Wildman–Crippen LogP) is 1.06. The molecule has 0 saturated carbocycles. The van der Waals surface area contributed by atoms with Crippen molar-refractivity contribution in [2.75, 3.05) is 11.9 Å². The lowest BCUT2D eigenvalue weighted by molar-refractivity contribution is 0.410. The van der Waals surface area contributed by atoms with E-state index >= 15 is 0 Å².